The number of ether oxygens (including phenoxy) is 2. The van der Waals surface area contributed by atoms with E-state index in [-0.39, 0.29) is 19.3 Å². The molecule has 0 saturated heterocycles. The molecule has 4 bridgehead atoms. The van der Waals surface area contributed by atoms with Crippen LogP contribution >= 0.6 is 0 Å². The van der Waals surface area contributed by atoms with Crippen LogP contribution in [0, 0.1) is 0 Å². The summed E-state index contributed by atoms with van der Waals surface area (Å²) in [4.78, 5) is 16.4. The number of pyridine rings is 1. The Morgan fingerprint density at radius 2 is 1.76 bits per heavy atom. The summed E-state index contributed by atoms with van der Waals surface area (Å²) in [7, 11) is 1.20. The molecule has 0 saturated carbocycles. The normalized spacial score (nSPS) is 21.5. The fourth-order valence-electron chi connectivity index (χ4n) is 3.96. The highest BCUT2D eigenvalue weighted by atomic mass is 19.4. The van der Waals surface area contributed by atoms with E-state index < -0.39 is 76.6 Å². The van der Waals surface area contributed by atoms with E-state index in [0.29, 0.717) is 18.9 Å². The minimum Gasteiger partial charge on any atom is -0.444 e. The lowest BCUT2D eigenvalue weighted by Crippen LogP contribution is -2.42. The molecule has 0 spiro atoms. The van der Waals surface area contributed by atoms with E-state index in [1.807, 2.05) is 0 Å². The fraction of sp³-hybridized carbons (Fsp3) is 0.652. The van der Waals surface area contributed by atoms with Crippen LogP contribution in [-0.2, 0) is 21.3 Å². The minimum atomic E-state index is -5.19. The number of carbonyl (C=O) groups excluding carboxylic acids is 1. The Morgan fingerprint density at radius 1 is 1.11 bits per heavy atom. The standard InChI is InChI=1S/C23H28F6N4O5/c1-20(2,3)38-19(34)30-13-11-12(22(24,25)26)15-14(36-4)9-7-5-6-8-10-21(35,23(27,28)29)18-33-32-17(37-18)16(13)31-15/h11,14,35H,5-10H2,1-4H3,(H,30,34). The van der Waals surface area contributed by atoms with Gasteiger partial charge in [-0.1, -0.05) is 19.3 Å². The lowest BCUT2D eigenvalue weighted by molar-refractivity contribution is -0.277. The molecule has 15 heteroatoms. The van der Waals surface area contributed by atoms with E-state index in [1.165, 1.54) is 27.9 Å². The van der Waals surface area contributed by atoms with Crippen LogP contribution in [0.2, 0.25) is 0 Å². The zero-order valence-electron chi connectivity index (χ0n) is 21.1. The predicted octanol–water partition coefficient (Wildman–Crippen LogP) is 6.29. The Bertz CT molecular complexity index is 1140. The molecule has 38 heavy (non-hydrogen) atoms. The second kappa shape index (κ2) is 10.7. The zero-order valence-corrected chi connectivity index (χ0v) is 21.1. The highest BCUT2D eigenvalue weighted by molar-refractivity contribution is 5.89. The number of hydrogen-bond donors (Lipinski definition) is 2. The summed E-state index contributed by atoms with van der Waals surface area (Å²) < 4.78 is 99.5. The number of fused-ring (bicyclic) bond motifs is 5. The van der Waals surface area contributed by atoms with Crippen LogP contribution in [0.5, 0.6) is 0 Å². The van der Waals surface area contributed by atoms with Crippen molar-refractivity contribution in [1.29, 1.82) is 0 Å². The van der Waals surface area contributed by atoms with Crippen molar-refractivity contribution in [2.75, 3.05) is 12.4 Å². The van der Waals surface area contributed by atoms with Crippen LogP contribution in [0.15, 0.2) is 10.5 Å². The van der Waals surface area contributed by atoms with E-state index in [4.69, 9.17) is 13.9 Å². The van der Waals surface area contributed by atoms with Crippen molar-refractivity contribution in [1.82, 2.24) is 15.2 Å². The lowest BCUT2D eigenvalue weighted by Gasteiger charge is -2.27. The number of aliphatic hydroxyl groups is 1. The van der Waals surface area contributed by atoms with Crippen LogP contribution in [0.25, 0.3) is 11.6 Å². The number of anilines is 1. The molecule has 1 aliphatic rings. The molecule has 2 aromatic rings. The largest absolute Gasteiger partial charge is 0.444 e. The van der Waals surface area contributed by atoms with Gasteiger partial charge in [0, 0.05) is 7.11 Å². The molecule has 0 fully saturated rings. The zero-order chi connectivity index (χ0) is 28.5. The van der Waals surface area contributed by atoms with Crippen molar-refractivity contribution in [3.05, 3.63) is 23.2 Å². The number of hydrogen-bond acceptors (Lipinski definition) is 8. The smallest absolute Gasteiger partial charge is 0.426 e. The maximum atomic E-state index is 14.1. The molecule has 3 heterocycles. The number of alkyl halides is 6. The topological polar surface area (TPSA) is 120 Å². The number of nitrogens with zero attached hydrogens (tertiary/aromatic N) is 3. The molecule has 0 aliphatic carbocycles. The molecule has 3 rings (SSSR count). The Kier molecular flexibility index (Phi) is 8.32. The Labute approximate surface area is 213 Å². The van der Waals surface area contributed by atoms with Gasteiger partial charge in [-0.2, -0.15) is 26.3 Å². The van der Waals surface area contributed by atoms with Gasteiger partial charge in [-0.05, 0) is 46.1 Å². The van der Waals surface area contributed by atoms with Gasteiger partial charge in [0.25, 0.3) is 11.8 Å². The number of carbonyl (C=O) groups is 1. The van der Waals surface area contributed by atoms with Crippen LogP contribution in [0.3, 0.4) is 0 Å². The van der Waals surface area contributed by atoms with Gasteiger partial charge in [0.1, 0.15) is 5.60 Å². The number of amides is 1. The summed E-state index contributed by atoms with van der Waals surface area (Å²) in [5.74, 6) is -1.96. The second-order valence-electron chi connectivity index (χ2n) is 9.89. The maximum Gasteiger partial charge on any atom is 0.426 e. The third kappa shape index (κ3) is 6.54. The molecule has 2 aromatic heterocycles. The summed E-state index contributed by atoms with van der Waals surface area (Å²) in [6.45, 7) is 4.56. The van der Waals surface area contributed by atoms with Crippen molar-refractivity contribution >= 4 is 11.8 Å². The number of rotatable bonds is 2. The second-order valence-corrected chi connectivity index (χ2v) is 9.89. The third-order valence-corrected chi connectivity index (χ3v) is 5.79. The van der Waals surface area contributed by atoms with Gasteiger partial charge in [0.05, 0.1) is 23.0 Å². The van der Waals surface area contributed by atoms with Gasteiger partial charge >= 0.3 is 18.4 Å². The van der Waals surface area contributed by atoms with E-state index in [9.17, 15) is 36.2 Å². The fourth-order valence-corrected chi connectivity index (χ4v) is 3.96. The van der Waals surface area contributed by atoms with Crippen LogP contribution in [0.1, 0.15) is 82.5 Å². The van der Waals surface area contributed by atoms with Gasteiger partial charge in [0.2, 0.25) is 5.60 Å². The molecule has 2 N–H and O–H groups in total. The molecule has 1 amide bonds. The highest BCUT2D eigenvalue weighted by Gasteiger charge is 2.58. The number of aromatic nitrogens is 3. The van der Waals surface area contributed by atoms with Crippen molar-refractivity contribution < 1.29 is 50.1 Å². The average molecular weight is 554 g/mol. The van der Waals surface area contributed by atoms with Gasteiger partial charge in [0.15, 0.2) is 5.69 Å². The van der Waals surface area contributed by atoms with Gasteiger partial charge < -0.3 is 19.0 Å². The number of nitrogens with one attached hydrogen (secondary N) is 1. The predicted molar refractivity (Wildman–Crippen MR) is 120 cm³/mol. The summed E-state index contributed by atoms with van der Waals surface area (Å²) >= 11 is 0. The first-order chi connectivity index (χ1) is 17.5. The van der Waals surface area contributed by atoms with E-state index in [2.05, 4.69) is 20.5 Å². The van der Waals surface area contributed by atoms with Crippen LogP contribution < -0.4 is 5.32 Å². The first kappa shape index (κ1) is 29.6. The van der Waals surface area contributed by atoms with Gasteiger partial charge in [-0.15, -0.1) is 10.2 Å². The molecule has 2 unspecified atom stereocenters. The van der Waals surface area contributed by atoms with Crippen molar-refractivity contribution in [3.63, 3.8) is 0 Å². The van der Waals surface area contributed by atoms with Crippen molar-refractivity contribution in [2.24, 2.45) is 0 Å². The van der Waals surface area contributed by atoms with Gasteiger partial charge in [-0.3, -0.25) is 5.32 Å². The molecule has 212 valence electrons. The van der Waals surface area contributed by atoms with Crippen LogP contribution in [0.4, 0.5) is 36.8 Å². The summed E-state index contributed by atoms with van der Waals surface area (Å²) in [5, 5.41) is 19.5. The van der Waals surface area contributed by atoms with Crippen molar-refractivity contribution in [3.8, 4) is 11.6 Å². The summed E-state index contributed by atoms with van der Waals surface area (Å²) in [6, 6.07) is 0.555. The van der Waals surface area contributed by atoms with Crippen LogP contribution in [-0.4, -0.2) is 45.3 Å². The molecule has 9 nitrogen and oxygen atoms in total. The Hall–Kier alpha value is -2.94. The first-order valence-electron chi connectivity index (χ1n) is 11.7. The Morgan fingerprint density at radius 3 is 2.34 bits per heavy atom. The SMILES string of the molecule is COC1CCCCCCC(O)(C(F)(F)F)c2nnc(o2)-c2nc1c(C(F)(F)F)cc2NC(=O)OC(C)(C)C. The quantitative estimate of drug-likeness (QED) is 0.416. The molecule has 2 atom stereocenters. The third-order valence-electron chi connectivity index (χ3n) is 5.79. The molecule has 1 aliphatic heterocycles. The molecule has 0 aromatic carbocycles. The molecule has 0 radical (unpaired) electrons. The highest BCUT2D eigenvalue weighted by Crippen LogP contribution is 2.45. The van der Waals surface area contributed by atoms with Gasteiger partial charge in [-0.25, -0.2) is 9.78 Å². The monoisotopic (exact) mass is 554 g/mol. The average Bonchev–Trinajstić information content (AvgIpc) is 3.25. The molecular weight excluding hydrogens is 526 g/mol. The molecular formula is C23H28F6N4O5. The number of halogens is 6. The number of methoxy groups -OCH3 is 1. The van der Waals surface area contributed by atoms with E-state index in [0.717, 1.165) is 0 Å². The summed E-state index contributed by atoms with van der Waals surface area (Å²) in [6.07, 6.45) is -12.3. The Balaban J connectivity index is 2.27. The minimum absolute atomic E-state index is 0.0729. The first-order valence-corrected chi connectivity index (χ1v) is 11.7. The lowest BCUT2D eigenvalue weighted by atomic mass is 9.94. The maximum absolute atomic E-state index is 14.1. The van der Waals surface area contributed by atoms with E-state index in [1.54, 1.807) is 0 Å². The summed E-state index contributed by atoms with van der Waals surface area (Å²) in [5.41, 5.74) is -7.50. The van der Waals surface area contributed by atoms with Crippen molar-refractivity contribution in [2.45, 2.75) is 89.0 Å². The van der Waals surface area contributed by atoms with E-state index >= 15 is 0 Å².